The highest BCUT2D eigenvalue weighted by Crippen LogP contribution is 2.36. The number of aromatic nitrogens is 2. The Balaban J connectivity index is 1.68. The number of halogens is 3. The monoisotopic (exact) mass is 568 g/mol. The fourth-order valence-electron chi connectivity index (χ4n) is 5.37. The van der Waals surface area contributed by atoms with Gasteiger partial charge in [-0.1, -0.05) is 54.1 Å². The average molecular weight is 569 g/mol. The molecule has 0 saturated carbocycles. The number of nitrogens with zero attached hydrogens (tertiary/aromatic N) is 2. The van der Waals surface area contributed by atoms with Crippen LogP contribution in [0.15, 0.2) is 77.6 Å². The summed E-state index contributed by atoms with van der Waals surface area (Å²) in [7, 11) is 0. The summed E-state index contributed by atoms with van der Waals surface area (Å²) in [5, 5.41) is 21.5. The first-order chi connectivity index (χ1) is 19.9. The van der Waals surface area contributed by atoms with Crippen molar-refractivity contribution in [2.75, 3.05) is 0 Å². The maximum atomic E-state index is 14.1. The van der Waals surface area contributed by atoms with Gasteiger partial charge in [0, 0.05) is 16.9 Å². The van der Waals surface area contributed by atoms with Crippen LogP contribution in [0.3, 0.4) is 0 Å². The molecule has 0 spiro atoms. The molecule has 5 aromatic rings. The van der Waals surface area contributed by atoms with E-state index in [9.17, 15) is 33.1 Å². The summed E-state index contributed by atoms with van der Waals surface area (Å²) < 4.78 is 43.5. The standard InChI is InChI=1S/C33H26F3N3O3/c1-18-7-8-21(19(2)11-18)12-20(3)39-30(16-27(33(34,35)36)26(17-37)31(39)40)25-6-4-5-22(13-25)23-9-10-24-15-29(32(41)42)38-28(24)14-23/h4-11,13-16,20,38H,12H2,1-3H3,(H,41,42)/p-1. The second kappa shape index (κ2) is 10.7. The molecular weight excluding hydrogens is 543 g/mol. The number of hydrogen-bond donors (Lipinski definition) is 1. The highest BCUT2D eigenvalue weighted by atomic mass is 19.4. The number of carbonyl (C=O) groups is 1. The van der Waals surface area contributed by atoms with Crippen molar-refractivity contribution in [2.24, 2.45) is 0 Å². The minimum atomic E-state index is -4.91. The van der Waals surface area contributed by atoms with Crippen LogP contribution in [-0.2, 0) is 12.6 Å². The Morgan fingerprint density at radius 2 is 1.71 bits per heavy atom. The minimum absolute atomic E-state index is 0.0330. The first-order valence-corrected chi connectivity index (χ1v) is 13.1. The molecule has 0 aliphatic heterocycles. The molecular formula is C33H25F3N3O3-. The molecule has 42 heavy (non-hydrogen) atoms. The molecule has 2 heterocycles. The van der Waals surface area contributed by atoms with Gasteiger partial charge in [0.25, 0.3) is 5.56 Å². The van der Waals surface area contributed by atoms with Gasteiger partial charge in [-0.2, -0.15) is 18.4 Å². The van der Waals surface area contributed by atoms with E-state index >= 15 is 0 Å². The van der Waals surface area contributed by atoms with Gasteiger partial charge in [0.05, 0.1) is 22.9 Å². The van der Waals surface area contributed by atoms with E-state index in [1.807, 2.05) is 32.0 Å². The predicted molar refractivity (Wildman–Crippen MR) is 152 cm³/mol. The van der Waals surface area contributed by atoms with Crippen LogP contribution in [0.4, 0.5) is 13.2 Å². The molecule has 1 unspecified atom stereocenters. The van der Waals surface area contributed by atoms with Crippen molar-refractivity contribution < 1.29 is 23.1 Å². The summed E-state index contributed by atoms with van der Waals surface area (Å²) in [5.41, 5.74) is 1.94. The Morgan fingerprint density at radius 1 is 1.00 bits per heavy atom. The van der Waals surface area contributed by atoms with Crippen LogP contribution < -0.4 is 10.7 Å². The lowest BCUT2D eigenvalue weighted by Gasteiger charge is -2.23. The Hall–Kier alpha value is -5.10. The molecule has 0 saturated heterocycles. The quantitative estimate of drug-likeness (QED) is 0.258. The number of nitriles is 1. The maximum Gasteiger partial charge on any atom is 0.417 e. The SMILES string of the molecule is Cc1ccc(CC(C)n2c(-c3cccc(-c4ccc5cc(C(=O)[O-])[nH]c5c4)c3)cc(C(F)(F)F)c(C#N)c2=O)c(C)c1. The second-order valence-electron chi connectivity index (χ2n) is 10.4. The molecule has 2 aromatic heterocycles. The van der Waals surface area contributed by atoms with Gasteiger partial charge in [-0.05, 0) is 79.3 Å². The number of rotatable bonds is 6. The van der Waals surface area contributed by atoms with Crippen molar-refractivity contribution in [1.82, 2.24) is 9.55 Å². The summed E-state index contributed by atoms with van der Waals surface area (Å²) in [6.45, 7) is 5.64. The molecule has 6 nitrogen and oxygen atoms in total. The van der Waals surface area contributed by atoms with Gasteiger partial charge in [-0.3, -0.25) is 4.79 Å². The third-order valence-corrected chi connectivity index (χ3v) is 7.45. The summed E-state index contributed by atoms with van der Waals surface area (Å²) in [5.74, 6) is -1.34. The number of carboxylic acids is 1. The Kier molecular flexibility index (Phi) is 7.25. The van der Waals surface area contributed by atoms with E-state index in [1.165, 1.54) is 16.7 Å². The molecule has 0 aliphatic rings. The van der Waals surface area contributed by atoms with E-state index in [0.717, 1.165) is 22.8 Å². The zero-order valence-corrected chi connectivity index (χ0v) is 23.0. The van der Waals surface area contributed by atoms with Gasteiger partial charge >= 0.3 is 6.18 Å². The predicted octanol–water partition coefficient (Wildman–Crippen LogP) is 6.34. The van der Waals surface area contributed by atoms with Crippen LogP contribution in [0.25, 0.3) is 33.3 Å². The number of nitrogens with one attached hydrogen (secondary N) is 1. The number of pyridine rings is 1. The third kappa shape index (κ3) is 5.31. The highest BCUT2D eigenvalue weighted by Gasteiger charge is 2.37. The lowest BCUT2D eigenvalue weighted by Crippen LogP contribution is -2.31. The van der Waals surface area contributed by atoms with Gasteiger partial charge in [-0.15, -0.1) is 0 Å². The van der Waals surface area contributed by atoms with E-state index in [4.69, 9.17) is 0 Å². The lowest BCUT2D eigenvalue weighted by molar-refractivity contribution is -0.255. The number of alkyl halides is 3. The first-order valence-electron chi connectivity index (χ1n) is 13.1. The Labute approximate surface area is 239 Å². The second-order valence-corrected chi connectivity index (χ2v) is 10.4. The van der Waals surface area contributed by atoms with E-state index in [0.29, 0.717) is 34.0 Å². The molecule has 3 aromatic carbocycles. The summed E-state index contributed by atoms with van der Waals surface area (Å²) in [6, 6.07) is 21.1. The van der Waals surface area contributed by atoms with Crippen LogP contribution in [0.1, 0.15) is 51.3 Å². The number of H-pyrrole nitrogens is 1. The van der Waals surface area contributed by atoms with E-state index < -0.39 is 34.9 Å². The number of aryl methyl sites for hydroxylation is 2. The molecule has 0 amide bonds. The van der Waals surface area contributed by atoms with Gasteiger partial charge in [0.15, 0.2) is 0 Å². The van der Waals surface area contributed by atoms with Gasteiger partial charge < -0.3 is 19.5 Å². The number of carbonyl (C=O) groups excluding carboxylic acids is 1. The van der Waals surface area contributed by atoms with E-state index in [2.05, 4.69) is 4.98 Å². The maximum absolute atomic E-state index is 14.1. The van der Waals surface area contributed by atoms with Gasteiger partial charge in [-0.25, -0.2) is 0 Å². The number of benzene rings is 3. The van der Waals surface area contributed by atoms with Crippen molar-refractivity contribution >= 4 is 16.9 Å². The summed E-state index contributed by atoms with van der Waals surface area (Å²) >= 11 is 0. The number of fused-ring (bicyclic) bond motifs is 1. The van der Waals surface area contributed by atoms with Crippen molar-refractivity contribution in [3.05, 3.63) is 117 Å². The molecule has 0 aliphatic carbocycles. The van der Waals surface area contributed by atoms with Gasteiger partial charge in [0.1, 0.15) is 11.6 Å². The van der Waals surface area contributed by atoms with Gasteiger partial charge in [0.2, 0.25) is 0 Å². The topological polar surface area (TPSA) is 102 Å². The summed E-state index contributed by atoms with van der Waals surface area (Å²) in [4.78, 5) is 27.6. The van der Waals surface area contributed by atoms with Crippen LogP contribution in [0.2, 0.25) is 0 Å². The van der Waals surface area contributed by atoms with E-state index in [1.54, 1.807) is 49.4 Å². The Morgan fingerprint density at radius 3 is 2.38 bits per heavy atom. The molecule has 0 radical (unpaired) electrons. The van der Waals surface area contributed by atoms with Crippen LogP contribution >= 0.6 is 0 Å². The average Bonchev–Trinajstić information content (AvgIpc) is 3.37. The van der Waals surface area contributed by atoms with Crippen molar-refractivity contribution in [2.45, 2.75) is 39.4 Å². The zero-order valence-electron chi connectivity index (χ0n) is 23.0. The minimum Gasteiger partial charge on any atom is -0.543 e. The molecule has 1 atom stereocenters. The smallest absolute Gasteiger partial charge is 0.417 e. The molecule has 212 valence electrons. The normalized spacial score (nSPS) is 12.3. The number of carboxylic acid groups (broad SMARTS) is 1. The Bertz CT molecular complexity index is 1960. The van der Waals surface area contributed by atoms with Crippen LogP contribution in [-0.4, -0.2) is 15.5 Å². The molecule has 9 heteroatoms. The fraction of sp³-hybridized carbons (Fsp3) is 0.182. The largest absolute Gasteiger partial charge is 0.543 e. The molecule has 0 fully saturated rings. The molecule has 1 N–H and O–H groups in total. The third-order valence-electron chi connectivity index (χ3n) is 7.45. The highest BCUT2D eigenvalue weighted by molar-refractivity contribution is 5.94. The summed E-state index contributed by atoms with van der Waals surface area (Å²) in [6.07, 6.45) is -4.55. The molecule has 0 bridgehead atoms. The number of hydrogen-bond acceptors (Lipinski definition) is 4. The van der Waals surface area contributed by atoms with Crippen LogP contribution in [0.5, 0.6) is 0 Å². The number of aromatic carboxylic acids is 1. The van der Waals surface area contributed by atoms with Crippen molar-refractivity contribution in [3.63, 3.8) is 0 Å². The van der Waals surface area contributed by atoms with Crippen molar-refractivity contribution in [1.29, 1.82) is 5.26 Å². The number of aromatic amines is 1. The first kappa shape index (κ1) is 28.4. The van der Waals surface area contributed by atoms with Crippen LogP contribution in [0, 0.1) is 25.2 Å². The zero-order chi connectivity index (χ0) is 30.3. The van der Waals surface area contributed by atoms with Crippen molar-refractivity contribution in [3.8, 4) is 28.5 Å². The fourth-order valence-corrected chi connectivity index (χ4v) is 5.37. The lowest BCUT2D eigenvalue weighted by atomic mass is 9.96. The molecule has 5 rings (SSSR count). The van der Waals surface area contributed by atoms with E-state index in [-0.39, 0.29) is 11.4 Å².